The Balaban J connectivity index is 5.32. The van der Waals surface area contributed by atoms with E-state index in [-0.39, 0.29) is 12.6 Å². The SMILES string of the molecule is CCC(CC)N(CCO)C(=O)NC(C)(C(=O)O)C(F)(F)F. The molecule has 0 aromatic carbocycles. The van der Waals surface area contributed by atoms with Crippen LogP contribution in [0, 0.1) is 0 Å². The van der Waals surface area contributed by atoms with E-state index in [1.165, 1.54) is 5.32 Å². The number of aliphatic carboxylic acids is 1. The third-order valence-electron chi connectivity index (χ3n) is 3.34. The number of carboxylic acid groups (broad SMARTS) is 1. The zero-order valence-electron chi connectivity index (χ0n) is 12.2. The molecule has 0 saturated heterocycles. The first kappa shape index (κ1) is 19.5. The molecule has 0 aliphatic carbocycles. The smallest absolute Gasteiger partial charge is 0.422 e. The number of alkyl halides is 3. The highest BCUT2D eigenvalue weighted by molar-refractivity contribution is 5.87. The Bertz CT molecular complexity index is 372. The molecule has 9 heteroatoms. The van der Waals surface area contributed by atoms with Crippen molar-refractivity contribution in [3.63, 3.8) is 0 Å². The molecule has 0 bridgehead atoms. The van der Waals surface area contributed by atoms with E-state index in [1.807, 2.05) is 0 Å². The van der Waals surface area contributed by atoms with Gasteiger partial charge in [-0.05, 0) is 19.8 Å². The van der Waals surface area contributed by atoms with Crippen LogP contribution in [-0.4, -0.2) is 58.0 Å². The van der Waals surface area contributed by atoms with Crippen LogP contribution in [0.3, 0.4) is 0 Å². The van der Waals surface area contributed by atoms with Crippen molar-refractivity contribution >= 4 is 12.0 Å². The summed E-state index contributed by atoms with van der Waals surface area (Å²) in [5.41, 5.74) is -3.39. The Kier molecular flexibility index (Phi) is 6.95. The Labute approximate surface area is 120 Å². The number of carbonyl (C=O) groups is 2. The summed E-state index contributed by atoms with van der Waals surface area (Å²) in [4.78, 5) is 23.9. The van der Waals surface area contributed by atoms with Gasteiger partial charge < -0.3 is 20.4 Å². The summed E-state index contributed by atoms with van der Waals surface area (Å²) >= 11 is 0. The molecule has 0 radical (unpaired) electrons. The van der Waals surface area contributed by atoms with Gasteiger partial charge in [-0.3, -0.25) is 0 Å². The summed E-state index contributed by atoms with van der Waals surface area (Å²) in [6, 6.07) is -1.55. The van der Waals surface area contributed by atoms with Gasteiger partial charge in [-0.1, -0.05) is 13.8 Å². The van der Waals surface area contributed by atoms with E-state index >= 15 is 0 Å². The molecule has 3 N–H and O–H groups in total. The molecule has 0 spiro atoms. The number of rotatable bonds is 7. The summed E-state index contributed by atoms with van der Waals surface area (Å²) in [6.45, 7) is 3.26. The highest BCUT2D eigenvalue weighted by Crippen LogP contribution is 2.30. The van der Waals surface area contributed by atoms with Gasteiger partial charge in [-0.15, -0.1) is 0 Å². The molecule has 0 fully saturated rings. The van der Waals surface area contributed by atoms with E-state index < -0.39 is 30.3 Å². The van der Waals surface area contributed by atoms with Gasteiger partial charge in [0.1, 0.15) is 0 Å². The molecule has 21 heavy (non-hydrogen) atoms. The van der Waals surface area contributed by atoms with Crippen molar-refractivity contribution in [2.75, 3.05) is 13.2 Å². The maximum Gasteiger partial charge on any atom is 0.422 e. The standard InChI is InChI=1S/C12H21F3N2O4/c1-4-8(5-2)17(6-7-18)10(21)16-11(3,9(19)20)12(13,14)15/h8,18H,4-7H2,1-3H3,(H,16,21)(H,19,20). The zero-order chi connectivity index (χ0) is 16.8. The molecule has 1 unspecified atom stereocenters. The van der Waals surface area contributed by atoms with Crippen LogP contribution in [0.1, 0.15) is 33.6 Å². The predicted octanol–water partition coefficient (Wildman–Crippen LogP) is 1.58. The maximum atomic E-state index is 12.9. The Morgan fingerprint density at radius 3 is 2.00 bits per heavy atom. The summed E-state index contributed by atoms with van der Waals surface area (Å²) in [7, 11) is 0. The molecule has 0 rings (SSSR count). The number of nitrogens with one attached hydrogen (secondary N) is 1. The number of aliphatic hydroxyl groups excluding tert-OH is 1. The number of aliphatic hydroxyl groups is 1. The molecular formula is C12H21F3N2O4. The van der Waals surface area contributed by atoms with Gasteiger partial charge in [-0.25, -0.2) is 9.59 Å². The minimum absolute atomic E-state index is 0.175. The lowest BCUT2D eigenvalue weighted by Crippen LogP contribution is -2.65. The number of amides is 2. The van der Waals surface area contributed by atoms with Crippen LogP contribution in [0.15, 0.2) is 0 Å². The van der Waals surface area contributed by atoms with Crippen molar-refractivity contribution in [2.45, 2.75) is 51.4 Å². The van der Waals surface area contributed by atoms with Crippen LogP contribution < -0.4 is 5.32 Å². The summed E-state index contributed by atoms with van der Waals surface area (Å²) < 4.78 is 38.6. The fourth-order valence-corrected chi connectivity index (χ4v) is 1.82. The lowest BCUT2D eigenvalue weighted by atomic mass is 10.0. The molecule has 0 aromatic rings. The number of carbonyl (C=O) groups excluding carboxylic acids is 1. The molecule has 0 aliphatic heterocycles. The quantitative estimate of drug-likeness (QED) is 0.665. The lowest BCUT2D eigenvalue weighted by molar-refractivity contribution is -0.203. The van der Waals surface area contributed by atoms with Gasteiger partial charge in [0.25, 0.3) is 0 Å². The van der Waals surface area contributed by atoms with Crippen LogP contribution in [0.2, 0.25) is 0 Å². The van der Waals surface area contributed by atoms with Crippen LogP contribution >= 0.6 is 0 Å². The van der Waals surface area contributed by atoms with E-state index in [0.717, 1.165) is 4.90 Å². The number of hydrogen-bond donors (Lipinski definition) is 3. The van der Waals surface area contributed by atoms with Gasteiger partial charge in [0.2, 0.25) is 5.54 Å². The molecule has 0 heterocycles. The molecule has 6 nitrogen and oxygen atoms in total. The third-order valence-corrected chi connectivity index (χ3v) is 3.34. The number of nitrogens with zero attached hydrogens (tertiary/aromatic N) is 1. The summed E-state index contributed by atoms with van der Waals surface area (Å²) in [5, 5.41) is 19.2. The average molecular weight is 314 g/mol. The Morgan fingerprint density at radius 2 is 1.71 bits per heavy atom. The van der Waals surface area contributed by atoms with Crippen molar-refractivity contribution in [3.05, 3.63) is 0 Å². The summed E-state index contributed by atoms with van der Waals surface area (Å²) in [5.74, 6) is -2.20. The first-order chi connectivity index (χ1) is 9.55. The van der Waals surface area contributed by atoms with Crippen molar-refractivity contribution < 1.29 is 33.0 Å². The van der Waals surface area contributed by atoms with Gasteiger partial charge in [0, 0.05) is 12.6 Å². The number of halogens is 3. The predicted molar refractivity (Wildman–Crippen MR) is 68.8 cm³/mol. The number of urea groups is 1. The van der Waals surface area contributed by atoms with Crippen molar-refractivity contribution in [1.82, 2.24) is 10.2 Å². The first-order valence-corrected chi connectivity index (χ1v) is 6.54. The maximum absolute atomic E-state index is 12.9. The van der Waals surface area contributed by atoms with Crippen LogP contribution in [0.5, 0.6) is 0 Å². The van der Waals surface area contributed by atoms with E-state index in [0.29, 0.717) is 19.8 Å². The van der Waals surface area contributed by atoms with E-state index in [9.17, 15) is 22.8 Å². The third kappa shape index (κ3) is 4.48. The highest BCUT2D eigenvalue weighted by atomic mass is 19.4. The largest absolute Gasteiger partial charge is 0.479 e. The second-order valence-electron chi connectivity index (χ2n) is 4.75. The Hall–Kier alpha value is -1.51. The minimum Gasteiger partial charge on any atom is -0.479 e. The normalized spacial score (nSPS) is 14.7. The number of hydrogen-bond acceptors (Lipinski definition) is 3. The molecule has 0 aliphatic rings. The minimum atomic E-state index is -5.15. The first-order valence-electron chi connectivity index (χ1n) is 6.54. The fourth-order valence-electron chi connectivity index (χ4n) is 1.82. The molecule has 0 saturated carbocycles. The van der Waals surface area contributed by atoms with Gasteiger partial charge in [-0.2, -0.15) is 13.2 Å². The van der Waals surface area contributed by atoms with Crippen LogP contribution in [0.25, 0.3) is 0 Å². The molecule has 2 amide bonds. The van der Waals surface area contributed by atoms with E-state index in [4.69, 9.17) is 10.2 Å². The molecular weight excluding hydrogens is 293 g/mol. The van der Waals surface area contributed by atoms with E-state index in [2.05, 4.69) is 0 Å². The Morgan fingerprint density at radius 1 is 1.24 bits per heavy atom. The van der Waals surface area contributed by atoms with Gasteiger partial charge >= 0.3 is 18.2 Å². The van der Waals surface area contributed by atoms with Crippen molar-refractivity contribution in [3.8, 4) is 0 Å². The van der Waals surface area contributed by atoms with Gasteiger partial charge in [0.15, 0.2) is 0 Å². The monoisotopic (exact) mass is 314 g/mol. The topological polar surface area (TPSA) is 89.9 Å². The lowest BCUT2D eigenvalue weighted by Gasteiger charge is -2.35. The van der Waals surface area contributed by atoms with Gasteiger partial charge in [0.05, 0.1) is 6.61 Å². The van der Waals surface area contributed by atoms with E-state index in [1.54, 1.807) is 13.8 Å². The van der Waals surface area contributed by atoms with Crippen molar-refractivity contribution in [2.24, 2.45) is 0 Å². The summed E-state index contributed by atoms with van der Waals surface area (Å²) in [6.07, 6.45) is -4.20. The zero-order valence-corrected chi connectivity index (χ0v) is 12.2. The molecule has 0 aromatic heterocycles. The molecule has 124 valence electrons. The van der Waals surface area contributed by atoms with Crippen molar-refractivity contribution in [1.29, 1.82) is 0 Å². The second-order valence-corrected chi connectivity index (χ2v) is 4.75. The highest BCUT2D eigenvalue weighted by Gasteiger charge is 2.59. The van der Waals surface area contributed by atoms with Crippen LogP contribution in [0.4, 0.5) is 18.0 Å². The van der Waals surface area contributed by atoms with Crippen LogP contribution in [-0.2, 0) is 4.79 Å². The fraction of sp³-hybridized carbons (Fsp3) is 0.833. The average Bonchev–Trinajstić information content (AvgIpc) is 2.37. The molecule has 1 atom stereocenters. The second kappa shape index (κ2) is 7.48. The number of carboxylic acids is 1.